The van der Waals surface area contributed by atoms with Crippen LogP contribution in [0.4, 0.5) is 5.69 Å². The fraction of sp³-hybridized carbons (Fsp3) is 0.150. The molecule has 26 heavy (non-hydrogen) atoms. The van der Waals surface area contributed by atoms with Gasteiger partial charge in [0.05, 0.1) is 12.3 Å². The summed E-state index contributed by atoms with van der Waals surface area (Å²) in [5.41, 5.74) is 2.78. The van der Waals surface area contributed by atoms with Crippen LogP contribution in [0.2, 0.25) is 0 Å². The summed E-state index contributed by atoms with van der Waals surface area (Å²) < 4.78 is 0. The Morgan fingerprint density at radius 2 is 1.92 bits per heavy atom. The van der Waals surface area contributed by atoms with E-state index in [1.54, 1.807) is 4.90 Å². The molecule has 0 saturated heterocycles. The van der Waals surface area contributed by atoms with Crippen LogP contribution in [0, 0.1) is 6.92 Å². The van der Waals surface area contributed by atoms with E-state index in [0.29, 0.717) is 11.7 Å². The lowest BCUT2D eigenvalue weighted by atomic mass is 10.1. The van der Waals surface area contributed by atoms with Crippen molar-refractivity contribution < 1.29 is 4.79 Å². The number of aryl methyl sites for hydroxylation is 1. The predicted octanol–water partition coefficient (Wildman–Crippen LogP) is 3.40. The molecule has 0 unspecified atom stereocenters. The molecular weight excluding hydrogens is 346 g/mol. The zero-order valence-corrected chi connectivity index (χ0v) is 15.2. The lowest BCUT2D eigenvalue weighted by molar-refractivity contribution is -0.116. The summed E-state index contributed by atoms with van der Waals surface area (Å²) in [5.74, 6) is 0.143. The molecule has 5 nitrogen and oxygen atoms in total. The Balaban J connectivity index is 1.80. The van der Waals surface area contributed by atoms with E-state index in [1.807, 2.05) is 61.5 Å². The molecule has 132 valence electrons. The lowest BCUT2D eigenvalue weighted by Gasteiger charge is -2.23. The third-order valence-electron chi connectivity index (χ3n) is 3.78. The van der Waals surface area contributed by atoms with Crippen molar-refractivity contribution in [2.24, 2.45) is 0 Å². The number of carbonyl (C=O) groups is 1. The molecule has 0 aliphatic heterocycles. The number of carbonyl (C=O) groups excluding carboxylic acids is 1. The van der Waals surface area contributed by atoms with Crippen molar-refractivity contribution in [1.82, 2.24) is 9.97 Å². The van der Waals surface area contributed by atoms with Gasteiger partial charge in [-0.15, -0.1) is 0 Å². The number of thioether (sulfide) groups is 1. The van der Waals surface area contributed by atoms with E-state index in [-0.39, 0.29) is 17.2 Å². The van der Waals surface area contributed by atoms with Crippen LogP contribution < -0.4 is 10.5 Å². The van der Waals surface area contributed by atoms with Gasteiger partial charge >= 0.3 is 0 Å². The zero-order valence-electron chi connectivity index (χ0n) is 14.4. The lowest BCUT2D eigenvalue weighted by Crippen LogP contribution is -2.32. The third kappa shape index (κ3) is 4.83. The number of amides is 1. The quantitative estimate of drug-likeness (QED) is 0.537. The molecular formula is C20H19N3O2S. The van der Waals surface area contributed by atoms with Crippen LogP contribution in [0.3, 0.4) is 0 Å². The van der Waals surface area contributed by atoms with E-state index in [9.17, 15) is 9.59 Å². The molecule has 6 heteroatoms. The number of anilines is 1. The smallest absolute Gasteiger partial charge is 0.251 e. The zero-order chi connectivity index (χ0) is 18.4. The van der Waals surface area contributed by atoms with Crippen LogP contribution in [0.1, 0.15) is 11.1 Å². The van der Waals surface area contributed by atoms with Crippen LogP contribution >= 0.6 is 11.8 Å². The molecule has 0 spiro atoms. The number of hydrogen-bond acceptors (Lipinski definition) is 4. The van der Waals surface area contributed by atoms with E-state index < -0.39 is 0 Å². The molecule has 1 N–H and O–H groups in total. The Bertz CT molecular complexity index is 941. The molecule has 0 fully saturated rings. The van der Waals surface area contributed by atoms with Gasteiger partial charge in [0.15, 0.2) is 5.16 Å². The molecule has 1 heterocycles. The van der Waals surface area contributed by atoms with Crippen LogP contribution in [0.25, 0.3) is 0 Å². The van der Waals surface area contributed by atoms with Gasteiger partial charge in [-0.1, -0.05) is 54.2 Å². The summed E-state index contributed by atoms with van der Waals surface area (Å²) in [6, 6.07) is 19.1. The standard InChI is InChI=1S/C20H19N3O2S/c1-15-6-5-9-17(12-15)23(13-16-7-3-2-4-8-16)19(25)14-26-20-21-11-10-18(24)22-20/h2-12H,13-14H2,1H3,(H,21,22,24). The first-order valence-corrected chi connectivity index (χ1v) is 9.19. The van der Waals surface area contributed by atoms with Gasteiger partial charge in [0, 0.05) is 18.0 Å². The van der Waals surface area contributed by atoms with Crippen LogP contribution in [-0.2, 0) is 11.3 Å². The SMILES string of the molecule is Cc1cccc(N(Cc2ccccc2)C(=O)CSc2nccc(=O)[nH]2)c1. The van der Waals surface area contributed by atoms with E-state index in [1.165, 1.54) is 24.0 Å². The minimum absolute atomic E-state index is 0.0454. The number of aromatic nitrogens is 2. The molecule has 3 rings (SSSR count). The van der Waals surface area contributed by atoms with Gasteiger partial charge in [0.2, 0.25) is 5.91 Å². The normalized spacial score (nSPS) is 10.5. The second-order valence-electron chi connectivity index (χ2n) is 5.83. The Labute approximate surface area is 156 Å². The molecule has 0 aliphatic rings. The number of hydrogen-bond donors (Lipinski definition) is 1. The average Bonchev–Trinajstić information content (AvgIpc) is 2.65. The minimum atomic E-state index is -0.227. The summed E-state index contributed by atoms with van der Waals surface area (Å²) in [4.78, 5) is 32.7. The van der Waals surface area contributed by atoms with Gasteiger partial charge in [-0.2, -0.15) is 0 Å². The molecule has 2 aromatic carbocycles. The maximum atomic E-state index is 12.9. The summed E-state index contributed by atoms with van der Waals surface area (Å²) in [6.45, 7) is 2.49. The monoisotopic (exact) mass is 365 g/mol. The van der Waals surface area contributed by atoms with E-state index >= 15 is 0 Å². The average molecular weight is 365 g/mol. The highest BCUT2D eigenvalue weighted by molar-refractivity contribution is 7.99. The molecule has 3 aromatic rings. The Hall–Kier alpha value is -2.86. The van der Waals surface area contributed by atoms with Gasteiger partial charge in [-0.3, -0.25) is 9.59 Å². The number of nitrogens with one attached hydrogen (secondary N) is 1. The third-order valence-corrected chi connectivity index (χ3v) is 4.65. The Morgan fingerprint density at radius 1 is 1.12 bits per heavy atom. The van der Waals surface area contributed by atoms with E-state index in [0.717, 1.165) is 16.8 Å². The molecule has 0 atom stereocenters. The van der Waals surface area contributed by atoms with Gasteiger partial charge in [-0.05, 0) is 30.2 Å². The summed E-state index contributed by atoms with van der Waals surface area (Å²) in [6.07, 6.45) is 1.44. The van der Waals surface area contributed by atoms with Gasteiger partial charge in [0.25, 0.3) is 5.56 Å². The van der Waals surface area contributed by atoms with Crippen LogP contribution in [-0.4, -0.2) is 21.6 Å². The highest BCUT2D eigenvalue weighted by Gasteiger charge is 2.17. The largest absolute Gasteiger partial charge is 0.307 e. The molecule has 0 saturated carbocycles. The highest BCUT2D eigenvalue weighted by atomic mass is 32.2. The number of H-pyrrole nitrogens is 1. The molecule has 0 aliphatic carbocycles. The Morgan fingerprint density at radius 3 is 2.65 bits per heavy atom. The maximum absolute atomic E-state index is 12.9. The topological polar surface area (TPSA) is 66.1 Å². The molecule has 1 aromatic heterocycles. The second kappa shape index (κ2) is 8.49. The first-order valence-electron chi connectivity index (χ1n) is 8.21. The van der Waals surface area contributed by atoms with E-state index in [2.05, 4.69) is 9.97 Å². The number of benzene rings is 2. The fourth-order valence-electron chi connectivity index (χ4n) is 2.52. The summed E-state index contributed by atoms with van der Waals surface area (Å²) in [7, 11) is 0. The van der Waals surface area contributed by atoms with Gasteiger partial charge in [-0.25, -0.2) is 4.98 Å². The number of aromatic amines is 1. The highest BCUT2D eigenvalue weighted by Crippen LogP contribution is 2.21. The molecule has 0 bridgehead atoms. The van der Waals surface area contributed by atoms with Crippen LogP contribution in [0.15, 0.2) is 76.8 Å². The minimum Gasteiger partial charge on any atom is -0.307 e. The fourth-order valence-corrected chi connectivity index (χ4v) is 3.24. The summed E-state index contributed by atoms with van der Waals surface area (Å²) in [5, 5.41) is 0.440. The Kier molecular flexibility index (Phi) is 5.86. The number of nitrogens with zero attached hydrogens (tertiary/aromatic N) is 2. The van der Waals surface area contributed by atoms with Gasteiger partial charge < -0.3 is 9.88 Å². The second-order valence-corrected chi connectivity index (χ2v) is 6.80. The molecule has 1 amide bonds. The van der Waals surface area contributed by atoms with Crippen molar-refractivity contribution in [3.8, 4) is 0 Å². The molecule has 0 radical (unpaired) electrons. The summed E-state index contributed by atoms with van der Waals surface area (Å²) >= 11 is 1.22. The van der Waals surface area contributed by atoms with Crippen molar-refractivity contribution in [1.29, 1.82) is 0 Å². The van der Waals surface area contributed by atoms with Crippen molar-refractivity contribution in [3.63, 3.8) is 0 Å². The first-order chi connectivity index (χ1) is 12.6. The van der Waals surface area contributed by atoms with Gasteiger partial charge in [0.1, 0.15) is 0 Å². The van der Waals surface area contributed by atoms with Crippen molar-refractivity contribution in [2.45, 2.75) is 18.6 Å². The van der Waals surface area contributed by atoms with Crippen LogP contribution in [0.5, 0.6) is 0 Å². The first kappa shape index (κ1) is 17.9. The maximum Gasteiger partial charge on any atom is 0.251 e. The van der Waals surface area contributed by atoms with E-state index in [4.69, 9.17) is 0 Å². The van der Waals surface area contributed by atoms with Crippen molar-refractivity contribution >= 4 is 23.4 Å². The van der Waals surface area contributed by atoms with Crippen molar-refractivity contribution in [3.05, 3.63) is 88.3 Å². The number of rotatable bonds is 6. The van der Waals surface area contributed by atoms with Crippen molar-refractivity contribution in [2.75, 3.05) is 10.7 Å². The predicted molar refractivity (Wildman–Crippen MR) is 104 cm³/mol.